The van der Waals surface area contributed by atoms with Gasteiger partial charge in [-0.15, -0.1) is 0 Å². The van der Waals surface area contributed by atoms with Gasteiger partial charge in [-0.05, 0) is 30.7 Å². The van der Waals surface area contributed by atoms with Crippen LogP contribution < -0.4 is 5.32 Å². The van der Waals surface area contributed by atoms with Crippen LogP contribution in [0.5, 0.6) is 0 Å². The van der Waals surface area contributed by atoms with Gasteiger partial charge in [0.1, 0.15) is 10.8 Å². The molecule has 2 aromatic rings. The van der Waals surface area contributed by atoms with Gasteiger partial charge in [-0.1, -0.05) is 29.3 Å². The lowest BCUT2D eigenvalue weighted by molar-refractivity contribution is -0.384. The summed E-state index contributed by atoms with van der Waals surface area (Å²) in [6.07, 6.45) is 0. The van der Waals surface area contributed by atoms with E-state index in [4.69, 9.17) is 23.2 Å². The predicted octanol–water partition coefficient (Wildman–Crippen LogP) is 4.96. The molecule has 0 saturated heterocycles. The third-order valence-electron chi connectivity index (χ3n) is 2.97. The van der Waals surface area contributed by atoms with Crippen LogP contribution in [0.15, 0.2) is 30.3 Å². The van der Waals surface area contributed by atoms with E-state index in [1.165, 1.54) is 18.2 Å². The molecule has 0 atom stereocenters. The summed E-state index contributed by atoms with van der Waals surface area (Å²) in [6.45, 7) is 1.93. The molecule has 0 aliphatic heterocycles. The topological polar surface area (TPSA) is 55.2 Å². The fourth-order valence-electron chi connectivity index (χ4n) is 1.85. The molecule has 21 heavy (non-hydrogen) atoms. The first-order chi connectivity index (χ1) is 9.88. The van der Waals surface area contributed by atoms with Gasteiger partial charge in [0.15, 0.2) is 0 Å². The zero-order valence-corrected chi connectivity index (χ0v) is 12.5. The number of aryl methyl sites for hydroxylation is 1. The Kier molecular flexibility index (Phi) is 4.65. The van der Waals surface area contributed by atoms with E-state index in [2.05, 4.69) is 5.32 Å². The van der Waals surface area contributed by atoms with Crippen molar-refractivity contribution in [1.29, 1.82) is 0 Å². The normalized spacial score (nSPS) is 10.5. The number of nitro benzene ring substituents is 1. The van der Waals surface area contributed by atoms with Gasteiger partial charge < -0.3 is 5.32 Å². The summed E-state index contributed by atoms with van der Waals surface area (Å²) >= 11 is 11.5. The second-order valence-corrected chi connectivity index (χ2v) is 5.31. The van der Waals surface area contributed by atoms with E-state index in [9.17, 15) is 14.5 Å². The first-order valence-electron chi connectivity index (χ1n) is 6.01. The predicted molar refractivity (Wildman–Crippen MR) is 81.6 cm³/mol. The van der Waals surface area contributed by atoms with Crippen LogP contribution >= 0.6 is 23.2 Å². The highest BCUT2D eigenvalue weighted by Crippen LogP contribution is 2.30. The lowest BCUT2D eigenvalue weighted by Crippen LogP contribution is -2.04. The van der Waals surface area contributed by atoms with Crippen LogP contribution in [0.1, 0.15) is 11.1 Å². The molecular formula is C14H11Cl2FN2O2. The summed E-state index contributed by atoms with van der Waals surface area (Å²) in [7, 11) is 0. The van der Waals surface area contributed by atoms with Crippen molar-refractivity contribution >= 4 is 34.6 Å². The fraction of sp³-hybridized carbons (Fsp3) is 0.143. The van der Waals surface area contributed by atoms with Gasteiger partial charge in [0.25, 0.3) is 5.69 Å². The third-order valence-corrected chi connectivity index (χ3v) is 3.51. The van der Waals surface area contributed by atoms with Crippen LogP contribution in [0.2, 0.25) is 10.0 Å². The van der Waals surface area contributed by atoms with E-state index in [0.717, 1.165) is 0 Å². The van der Waals surface area contributed by atoms with Gasteiger partial charge in [0.2, 0.25) is 0 Å². The van der Waals surface area contributed by atoms with E-state index in [-0.39, 0.29) is 17.3 Å². The SMILES string of the molecule is Cc1cc([N+](=O)[O-])c(Cl)cc1NCc1ccc(Cl)cc1F. The number of nitrogens with one attached hydrogen (secondary N) is 1. The number of hydrogen-bond acceptors (Lipinski definition) is 3. The molecule has 0 saturated carbocycles. The highest BCUT2D eigenvalue weighted by Gasteiger charge is 2.15. The molecule has 2 aromatic carbocycles. The fourth-order valence-corrected chi connectivity index (χ4v) is 2.24. The highest BCUT2D eigenvalue weighted by molar-refractivity contribution is 6.33. The average Bonchev–Trinajstić information content (AvgIpc) is 2.40. The molecule has 0 unspecified atom stereocenters. The molecule has 1 N–H and O–H groups in total. The van der Waals surface area contributed by atoms with Crippen LogP contribution in [0, 0.1) is 22.9 Å². The molecule has 0 aromatic heterocycles. The van der Waals surface area contributed by atoms with Crippen LogP contribution in [0.4, 0.5) is 15.8 Å². The second-order valence-electron chi connectivity index (χ2n) is 4.46. The van der Waals surface area contributed by atoms with Crippen molar-refractivity contribution in [2.75, 3.05) is 5.32 Å². The molecule has 0 fully saturated rings. The van der Waals surface area contributed by atoms with E-state index in [0.29, 0.717) is 21.8 Å². The van der Waals surface area contributed by atoms with Crippen LogP contribution in [-0.2, 0) is 6.54 Å². The van der Waals surface area contributed by atoms with E-state index in [1.807, 2.05) is 0 Å². The van der Waals surface area contributed by atoms with E-state index in [1.54, 1.807) is 19.1 Å². The summed E-state index contributed by atoms with van der Waals surface area (Å²) in [6, 6.07) is 7.24. The monoisotopic (exact) mass is 328 g/mol. The lowest BCUT2D eigenvalue weighted by Gasteiger charge is -2.11. The van der Waals surface area contributed by atoms with Gasteiger partial charge in [0.05, 0.1) is 4.92 Å². The minimum absolute atomic E-state index is 0.0321. The summed E-state index contributed by atoms with van der Waals surface area (Å²) in [5, 5.41) is 14.1. The van der Waals surface area contributed by atoms with Crippen molar-refractivity contribution < 1.29 is 9.31 Å². The lowest BCUT2D eigenvalue weighted by atomic mass is 10.1. The van der Waals surface area contributed by atoms with Gasteiger partial charge in [-0.3, -0.25) is 10.1 Å². The Balaban J connectivity index is 2.20. The van der Waals surface area contributed by atoms with Gasteiger partial charge in [0, 0.05) is 28.9 Å². The molecule has 0 aliphatic carbocycles. The minimum Gasteiger partial charge on any atom is -0.381 e. The Morgan fingerprint density at radius 1 is 1.29 bits per heavy atom. The Morgan fingerprint density at radius 3 is 2.62 bits per heavy atom. The largest absolute Gasteiger partial charge is 0.381 e. The molecule has 0 bridgehead atoms. The number of rotatable bonds is 4. The van der Waals surface area contributed by atoms with Crippen molar-refractivity contribution in [1.82, 2.24) is 0 Å². The Hall–Kier alpha value is -1.85. The van der Waals surface area contributed by atoms with Crippen molar-refractivity contribution in [3.63, 3.8) is 0 Å². The van der Waals surface area contributed by atoms with E-state index < -0.39 is 10.7 Å². The Labute approximate surface area is 130 Å². The van der Waals surface area contributed by atoms with Gasteiger partial charge in [-0.25, -0.2) is 4.39 Å². The molecule has 110 valence electrons. The average molecular weight is 329 g/mol. The van der Waals surface area contributed by atoms with Crippen molar-refractivity contribution in [2.45, 2.75) is 13.5 Å². The molecule has 0 radical (unpaired) electrons. The summed E-state index contributed by atoms with van der Waals surface area (Å²) in [5.74, 6) is -0.416. The van der Waals surface area contributed by atoms with Crippen molar-refractivity contribution in [2.24, 2.45) is 0 Å². The minimum atomic E-state index is -0.544. The summed E-state index contributed by atoms with van der Waals surface area (Å²) in [5.41, 5.74) is 1.55. The molecule has 2 rings (SSSR count). The quantitative estimate of drug-likeness (QED) is 0.637. The van der Waals surface area contributed by atoms with E-state index >= 15 is 0 Å². The number of halogens is 3. The molecular weight excluding hydrogens is 318 g/mol. The standard InChI is InChI=1S/C14H11Cl2FN2O2/c1-8-4-14(19(20)21)11(16)6-13(8)18-7-9-2-3-10(15)5-12(9)17/h2-6,18H,7H2,1H3. The molecule has 0 spiro atoms. The van der Waals surface area contributed by atoms with Crippen LogP contribution in [0.25, 0.3) is 0 Å². The number of nitrogens with zero attached hydrogens (tertiary/aromatic N) is 1. The smallest absolute Gasteiger partial charge is 0.288 e. The summed E-state index contributed by atoms with van der Waals surface area (Å²) < 4.78 is 13.7. The molecule has 0 aliphatic rings. The van der Waals surface area contributed by atoms with Crippen LogP contribution in [-0.4, -0.2) is 4.92 Å². The zero-order chi connectivity index (χ0) is 15.6. The first kappa shape index (κ1) is 15.5. The number of nitro groups is 1. The second kappa shape index (κ2) is 6.28. The maximum atomic E-state index is 13.7. The summed E-state index contributed by atoms with van der Waals surface area (Å²) in [4.78, 5) is 10.2. The third kappa shape index (κ3) is 3.62. The van der Waals surface area contributed by atoms with Gasteiger partial charge >= 0.3 is 0 Å². The van der Waals surface area contributed by atoms with Crippen molar-refractivity contribution in [3.8, 4) is 0 Å². The molecule has 0 heterocycles. The first-order valence-corrected chi connectivity index (χ1v) is 6.76. The maximum absolute atomic E-state index is 13.7. The number of hydrogen-bond donors (Lipinski definition) is 1. The zero-order valence-electron chi connectivity index (χ0n) is 11.0. The Bertz CT molecular complexity index is 708. The number of benzene rings is 2. The Morgan fingerprint density at radius 2 is 2.00 bits per heavy atom. The van der Waals surface area contributed by atoms with Crippen molar-refractivity contribution in [3.05, 3.63) is 67.4 Å². The molecule has 7 heteroatoms. The van der Waals surface area contributed by atoms with Gasteiger partial charge in [-0.2, -0.15) is 0 Å². The highest BCUT2D eigenvalue weighted by atomic mass is 35.5. The van der Waals surface area contributed by atoms with Crippen LogP contribution in [0.3, 0.4) is 0 Å². The molecule has 4 nitrogen and oxygen atoms in total. The number of anilines is 1. The molecule has 0 amide bonds. The maximum Gasteiger partial charge on any atom is 0.288 e.